The highest BCUT2D eigenvalue weighted by molar-refractivity contribution is 6.76. The van der Waals surface area contributed by atoms with Crippen LogP contribution in [0.5, 0.6) is 0 Å². The molecule has 2 saturated heterocycles. The average Bonchev–Trinajstić information content (AvgIpc) is 4.03. The highest BCUT2D eigenvalue weighted by Crippen LogP contribution is 2.37. The lowest BCUT2D eigenvalue weighted by Crippen LogP contribution is -2.37. The zero-order valence-electron chi connectivity index (χ0n) is 38.1. The quantitative estimate of drug-likeness (QED) is 0.0804. The van der Waals surface area contributed by atoms with Gasteiger partial charge in [-0.25, -0.2) is 19.6 Å². The molecule has 1 N–H and O–H groups in total. The molecule has 2 fully saturated rings. The van der Waals surface area contributed by atoms with Crippen LogP contribution in [-0.4, -0.2) is 99.2 Å². The van der Waals surface area contributed by atoms with E-state index in [2.05, 4.69) is 86.3 Å². The van der Waals surface area contributed by atoms with Crippen molar-refractivity contribution < 1.29 is 28.9 Å². The molecule has 0 aliphatic carbocycles. The molecule has 2 atom stereocenters. The lowest BCUT2D eigenvalue weighted by Gasteiger charge is -2.29. The predicted octanol–water partition coefficient (Wildman–Crippen LogP) is 11.1. The van der Waals surface area contributed by atoms with Gasteiger partial charge in [-0.15, -0.1) is 0 Å². The van der Waals surface area contributed by atoms with Gasteiger partial charge in [0, 0.05) is 65.3 Å². The van der Waals surface area contributed by atoms with E-state index in [4.69, 9.17) is 29.2 Å². The number of nitrogens with zero attached hydrogens (tertiary/aromatic N) is 7. The monoisotopic (exact) mass is 879 g/mol. The number of likely N-dealkylation sites (tertiary alicyclic amines) is 2. The third-order valence-electron chi connectivity index (χ3n) is 11.7. The van der Waals surface area contributed by atoms with Crippen LogP contribution < -0.4 is 0 Å². The number of carbonyl (C=O) groups excluding carboxylic acids is 1. The maximum Gasteiger partial charge on any atom is 0.410 e. The van der Waals surface area contributed by atoms with Gasteiger partial charge < -0.3 is 28.5 Å². The third-order valence-corrected chi connectivity index (χ3v) is 15.1. The van der Waals surface area contributed by atoms with Crippen molar-refractivity contribution in [2.45, 2.75) is 129 Å². The van der Waals surface area contributed by atoms with E-state index in [1.807, 2.05) is 54.9 Å². The van der Waals surface area contributed by atoms with Crippen LogP contribution in [-0.2, 0) is 27.7 Å². The first kappa shape index (κ1) is 45.2. The SMILES string of the molecule is CC(C)(C)OC(=O)N1CCC[C@H]1c1ncc(-c2ccc3cc(-c4ccc(-c5cnc([C@@H]6CCCN6C(=O)O)n5COCC[Si](C)(C)C)cn4)ccc3c2)n1COCC[Si](C)(C)C. The van der Waals surface area contributed by atoms with Crippen molar-refractivity contribution in [2.75, 3.05) is 26.3 Å². The molecule has 0 radical (unpaired) electrons. The van der Waals surface area contributed by atoms with E-state index < -0.39 is 27.8 Å². The van der Waals surface area contributed by atoms with E-state index in [-0.39, 0.29) is 18.2 Å². The van der Waals surface area contributed by atoms with E-state index in [1.165, 1.54) is 4.90 Å². The molecule has 2 amide bonds. The minimum atomic E-state index is -1.29. The summed E-state index contributed by atoms with van der Waals surface area (Å²) in [6, 6.07) is 18.5. The summed E-state index contributed by atoms with van der Waals surface area (Å²) < 4.78 is 22.5. The third kappa shape index (κ3) is 10.8. The van der Waals surface area contributed by atoms with Gasteiger partial charge >= 0.3 is 12.2 Å². The summed E-state index contributed by atoms with van der Waals surface area (Å²) in [7, 11) is -2.59. The Morgan fingerprint density at radius 2 is 1.18 bits per heavy atom. The van der Waals surface area contributed by atoms with E-state index >= 15 is 0 Å². The predicted molar refractivity (Wildman–Crippen MR) is 249 cm³/mol. The molecule has 2 aliphatic rings. The zero-order valence-corrected chi connectivity index (χ0v) is 40.1. The van der Waals surface area contributed by atoms with Gasteiger partial charge in [-0.3, -0.25) is 14.8 Å². The largest absolute Gasteiger partial charge is 0.465 e. The van der Waals surface area contributed by atoms with Gasteiger partial charge in [0.2, 0.25) is 0 Å². The Kier molecular flexibility index (Phi) is 13.5. The Morgan fingerprint density at radius 3 is 1.69 bits per heavy atom. The van der Waals surface area contributed by atoms with E-state index in [0.717, 1.165) is 88.1 Å². The van der Waals surface area contributed by atoms with Gasteiger partial charge in [0.25, 0.3) is 0 Å². The number of imidazole rings is 2. The minimum absolute atomic E-state index is 0.202. The van der Waals surface area contributed by atoms with Crippen molar-refractivity contribution in [1.29, 1.82) is 0 Å². The highest BCUT2D eigenvalue weighted by atomic mass is 28.3. The minimum Gasteiger partial charge on any atom is -0.465 e. The Bertz CT molecular complexity index is 2360. The number of carboxylic acid groups (broad SMARTS) is 1. The molecule has 2 aromatic carbocycles. The Morgan fingerprint density at radius 1 is 0.677 bits per heavy atom. The van der Waals surface area contributed by atoms with Crippen LogP contribution in [0.3, 0.4) is 0 Å². The standard InChI is InChI=1S/C47H65N7O6Si2/c1-47(2,3)60-46(57)52-21-11-13-40(52)44-49-29-41(53(44)31-58-22-24-61(4,5)6)36-17-15-33-26-35(16-14-34(33)27-36)38-19-18-37(28-48-38)42-30-50-43(39-12-10-20-51(39)45(55)56)54(42)32-59-23-25-62(7,8)9/h14-19,26-30,39-40H,10-13,20-25,31-32H2,1-9H3,(H,55,56)/t39-,40-/m0/s1. The van der Waals surface area contributed by atoms with E-state index in [0.29, 0.717) is 45.6 Å². The number of pyridine rings is 1. The fourth-order valence-corrected chi connectivity index (χ4v) is 9.74. The normalized spacial score (nSPS) is 17.4. The molecule has 2 aliphatic heterocycles. The summed E-state index contributed by atoms with van der Waals surface area (Å²) >= 11 is 0. The van der Waals surface area contributed by atoms with Crippen LogP contribution in [0.4, 0.5) is 9.59 Å². The molecule has 62 heavy (non-hydrogen) atoms. The fourth-order valence-electron chi connectivity index (χ4n) is 8.23. The van der Waals surface area contributed by atoms with Gasteiger partial charge in [-0.05, 0) is 93.6 Å². The fraction of sp³-hybridized carbons (Fsp3) is 0.511. The highest BCUT2D eigenvalue weighted by Gasteiger charge is 2.37. The zero-order chi connectivity index (χ0) is 44.4. The van der Waals surface area contributed by atoms with Gasteiger partial charge in [-0.1, -0.05) is 63.5 Å². The molecule has 3 aromatic heterocycles. The average molecular weight is 880 g/mol. The number of hydrogen-bond donors (Lipinski definition) is 1. The molecule has 7 rings (SSSR count). The molecule has 15 heteroatoms. The number of hydrogen-bond acceptors (Lipinski definition) is 8. The maximum absolute atomic E-state index is 13.3. The molecule has 0 spiro atoms. The molecule has 0 saturated carbocycles. The van der Waals surface area contributed by atoms with Crippen molar-refractivity contribution in [3.05, 3.63) is 78.8 Å². The Balaban J connectivity index is 1.14. The van der Waals surface area contributed by atoms with Crippen LogP contribution in [0.1, 0.15) is 70.2 Å². The first-order chi connectivity index (χ1) is 29.3. The lowest BCUT2D eigenvalue weighted by atomic mass is 10.0. The summed E-state index contributed by atoms with van der Waals surface area (Å²) in [6.07, 6.45) is 7.58. The summed E-state index contributed by atoms with van der Waals surface area (Å²) in [5.41, 5.74) is 4.95. The van der Waals surface area contributed by atoms with Gasteiger partial charge in [0.05, 0.1) is 41.6 Å². The van der Waals surface area contributed by atoms with Crippen LogP contribution >= 0.6 is 0 Å². The number of ether oxygens (including phenoxy) is 3. The summed E-state index contributed by atoms with van der Waals surface area (Å²) in [5, 5.41) is 12.1. The second kappa shape index (κ2) is 18.5. The van der Waals surface area contributed by atoms with Crippen LogP contribution in [0.15, 0.2) is 67.1 Å². The van der Waals surface area contributed by atoms with Crippen LogP contribution in [0.2, 0.25) is 51.4 Å². The number of benzene rings is 2. The Hall–Kier alpha value is -4.84. The summed E-state index contributed by atoms with van der Waals surface area (Å²) in [4.78, 5) is 43.4. The lowest BCUT2D eigenvalue weighted by molar-refractivity contribution is 0.0204. The van der Waals surface area contributed by atoms with Crippen LogP contribution in [0, 0.1) is 0 Å². The molecular formula is C47H65N7O6Si2. The molecule has 332 valence electrons. The number of aromatic nitrogens is 5. The smallest absolute Gasteiger partial charge is 0.410 e. The molecule has 0 bridgehead atoms. The first-order valence-corrected chi connectivity index (χ1v) is 29.5. The van der Waals surface area contributed by atoms with E-state index in [9.17, 15) is 14.7 Å². The first-order valence-electron chi connectivity index (χ1n) is 22.1. The van der Waals surface area contributed by atoms with Crippen molar-refractivity contribution >= 4 is 39.1 Å². The van der Waals surface area contributed by atoms with Crippen molar-refractivity contribution in [1.82, 2.24) is 33.9 Å². The summed E-state index contributed by atoms with van der Waals surface area (Å²) in [5.74, 6) is 1.52. The van der Waals surface area contributed by atoms with Gasteiger partial charge in [0.1, 0.15) is 30.7 Å². The number of fused-ring (bicyclic) bond motifs is 1. The van der Waals surface area contributed by atoms with E-state index in [1.54, 1.807) is 0 Å². The van der Waals surface area contributed by atoms with Crippen molar-refractivity contribution in [3.8, 4) is 33.8 Å². The summed E-state index contributed by atoms with van der Waals surface area (Å²) in [6.45, 7) is 22.8. The van der Waals surface area contributed by atoms with Gasteiger partial charge in [-0.2, -0.15) is 0 Å². The number of rotatable bonds is 15. The topological polar surface area (TPSA) is 137 Å². The Labute approximate surface area is 368 Å². The van der Waals surface area contributed by atoms with Crippen molar-refractivity contribution in [2.24, 2.45) is 0 Å². The maximum atomic E-state index is 13.3. The molecule has 5 aromatic rings. The molecule has 0 unspecified atom stereocenters. The van der Waals surface area contributed by atoms with Gasteiger partial charge in [0.15, 0.2) is 0 Å². The number of carbonyl (C=O) groups is 2. The van der Waals surface area contributed by atoms with Crippen LogP contribution in [0.25, 0.3) is 44.5 Å². The molecule has 5 heterocycles. The second-order valence-corrected chi connectivity index (χ2v) is 31.5. The molecular weight excluding hydrogens is 815 g/mol. The second-order valence-electron chi connectivity index (χ2n) is 20.2. The number of amides is 2. The van der Waals surface area contributed by atoms with Crippen molar-refractivity contribution in [3.63, 3.8) is 0 Å². The molecule has 13 nitrogen and oxygen atoms in total.